The predicted molar refractivity (Wildman–Crippen MR) is 78.2 cm³/mol. The van der Waals surface area contributed by atoms with Crippen molar-refractivity contribution < 1.29 is 4.92 Å². The third-order valence-electron chi connectivity index (χ3n) is 2.84. The van der Waals surface area contributed by atoms with Gasteiger partial charge in [0, 0.05) is 16.1 Å². The summed E-state index contributed by atoms with van der Waals surface area (Å²) in [5, 5.41) is 11.3. The molecule has 0 amide bonds. The lowest BCUT2D eigenvalue weighted by molar-refractivity contribution is -0.386. The van der Waals surface area contributed by atoms with Gasteiger partial charge in [-0.15, -0.1) is 0 Å². The number of rotatable bonds is 1. The molecule has 0 saturated carbocycles. The minimum absolute atomic E-state index is 0.128. The summed E-state index contributed by atoms with van der Waals surface area (Å²) in [6, 6.07) is 3.59. The first kappa shape index (κ1) is 15.2. The molecule has 0 unspecified atom stereocenters. The number of nitro benzene ring substituents is 1. The zero-order valence-corrected chi connectivity index (χ0v) is 13.4. The Morgan fingerprint density at radius 3 is 1.89 bits per heavy atom. The van der Waals surface area contributed by atoms with Crippen LogP contribution >= 0.6 is 15.9 Å². The normalized spacial score (nSPS) is 12.6. The monoisotopic (exact) mass is 313 g/mol. The molecule has 0 spiro atoms. The van der Waals surface area contributed by atoms with E-state index in [0.29, 0.717) is 0 Å². The second kappa shape index (κ2) is 4.65. The molecular weight excluding hydrogens is 294 g/mol. The van der Waals surface area contributed by atoms with Crippen LogP contribution in [-0.4, -0.2) is 4.92 Å². The Morgan fingerprint density at radius 1 is 1.06 bits per heavy atom. The number of benzene rings is 1. The van der Waals surface area contributed by atoms with Gasteiger partial charge in [0.05, 0.1) is 4.92 Å². The van der Waals surface area contributed by atoms with Crippen LogP contribution in [0.4, 0.5) is 5.69 Å². The van der Waals surface area contributed by atoms with Crippen LogP contribution in [0.25, 0.3) is 0 Å². The fourth-order valence-corrected chi connectivity index (χ4v) is 2.56. The van der Waals surface area contributed by atoms with Crippen molar-refractivity contribution in [2.45, 2.75) is 52.4 Å². The maximum Gasteiger partial charge on any atom is 0.274 e. The molecule has 0 saturated heterocycles. The SMILES string of the molecule is CC(C)(C)c1cc(Br)cc([N+](=O)[O-])c1C(C)(C)C. The first-order valence-corrected chi connectivity index (χ1v) is 6.73. The molecular formula is C14H20BrNO2. The number of nitro groups is 1. The number of hydrogen-bond donors (Lipinski definition) is 0. The highest BCUT2D eigenvalue weighted by Gasteiger charge is 2.32. The third-order valence-corrected chi connectivity index (χ3v) is 3.29. The summed E-state index contributed by atoms with van der Waals surface area (Å²) >= 11 is 3.37. The number of halogens is 1. The third kappa shape index (κ3) is 3.10. The van der Waals surface area contributed by atoms with Gasteiger partial charge in [-0.1, -0.05) is 57.5 Å². The van der Waals surface area contributed by atoms with Gasteiger partial charge >= 0.3 is 0 Å². The summed E-state index contributed by atoms with van der Waals surface area (Å²) < 4.78 is 0.757. The van der Waals surface area contributed by atoms with Crippen molar-refractivity contribution >= 4 is 21.6 Å². The van der Waals surface area contributed by atoms with E-state index in [2.05, 4.69) is 36.7 Å². The average molecular weight is 314 g/mol. The average Bonchev–Trinajstić information content (AvgIpc) is 2.12. The Labute approximate surface area is 117 Å². The van der Waals surface area contributed by atoms with Gasteiger partial charge in [0.2, 0.25) is 0 Å². The standard InChI is InChI=1S/C14H20BrNO2/c1-13(2,3)10-7-9(15)8-11(16(17)18)12(10)14(4,5)6/h7-8H,1-6H3. The topological polar surface area (TPSA) is 43.1 Å². The van der Waals surface area contributed by atoms with Crippen LogP contribution in [-0.2, 0) is 10.8 Å². The van der Waals surface area contributed by atoms with Crippen molar-refractivity contribution in [3.63, 3.8) is 0 Å². The fourth-order valence-electron chi connectivity index (χ4n) is 2.12. The highest BCUT2D eigenvalue weighted by Crippen LogP contribution is 2.41. The van der Waals surface area contributed by atoms with Crippen molar-refractivity contribution in [3.8, 4) is 0 Å². The van der Waals surface area contributed by atoms with Crippen molar-refractivity contribution in [1.82, 2.24) is 0 Å². The van der Waals surface area contributed by atoms with E-state index in [1.54, 1.807) is 6.07 Å². The molecule has 0 aromatic heterocycles. The minimum atomic E-state index is -0.291. The van der Waals surface area contributed by atoms with Gasteiger partial charge in [0.15, 0.2) is 0 Å². The summed E-state index contributed by atoms with van der Waals surface area (Å²) in [7, 11) is 0. The summed E-state index contributed by atoms with van der Waals surface area (Å²) in [4.78, 5) is 11.0. The minimum Gasteiger partial charge on any atom is -0.258 e. The van der Waals surface area contributed by atoms with Gasteiger partial charge in [-0.05, 0) is 22.5 Å². The van der Waals surface area contributed by atoms with E-state index in [9.17, 15) is 10.1 Å². The molecule has 0 atom stereocenters. The van der Waals surface area contributed by atoms with E-state index in [0.717, 1.165) is 15.6 Å². The zero-order chi connectivity index (χ0) is 14.3. The molecule has 1 aromatic carbocycles. The Hall–Kier alpha value is -0.900. The first-order chi connectivity index (χ1) is 7.94. The molecule has 1 aromatic rings. The van der Waals surface area contributed by atoms with Gasteiger partial charge < -0.3 is 0 Å². The quantitative estimate of drug-likeness (QED) is 0.543. The van der Waals surface area contributed by atoms with Crippen molar-refractivity contribution in [1.29, 1.82) is 0 Å². The van der Waals surface area contributed by atoms with Gasteiger partial charge in [0.25, 0.3) is 5.69 Å². The molecule has 100 valence electrons. The van der Waals surface area contributed by atoms with Crippen LogP contribution in [0.3, 0.4) is 0 Å². The summed E-state index contributed by atoms with van der Waals surface area (Å²) in [6.45, 7) is 12.3. The fraction of sp³-hybridized carbons (Fsp3) is 0.571. The van der Waals surface area contributed by atoms with Crippen molar-refractivity contribution in [2.24, 2.45) is 0 Å². The van der Waals surface area contributed by atoms with Crippen LogP contribution in [0.2, 0.25) is 0 Å². The van der Waals surface area contributed by atoms with Crippen molar-refractivity contribution in [2.75, 3.05) is 0 Å². The predicted octanol–water partition coefficient (Wildman–Crippen LogP) is 4.95. The summed E-state index contributed by atoms with van der Waals surface area (Å²) in [5.74, 6) is 0. The number of hydrogen-bond acceptors (Lipinski definition) is 2. The smallest absolute Gasteiger partial charge is 0.258 e. The van der Waals surface area contributed by atoms with Crippen molar-refractivity contribution in [3.05, 3.63) is 37.8 Å². The Bertz CT molecular complexity index is 482. The molecule has 0 aliphatic carbocycles. The maximum absolute atomic E-state index is 11.3. The maximum atomic E-state index is 11.3. The second-order valence-corrected chi connectivity index (χ2v) is 7.52. The number of nitrogens with zero attached hydrogens (tertiary/aromatic N) is 1. The lowest BCUT2D eigenvalue weighted by Crippen LogP contribution is -2.23. The molecule has 1 rings (SSSR count). The van der Waals surface area contributed by atoms with E-state index in [1.165, 1.54) is 0 Å². The second-order valence-electron chi connectivity index (χ2n) is 6.60. The van der Waals surface area contributed by atoms with E-state index in [-0.39, 0.29) is 21.4 Å². The van der Waals surface area contributed by atoms with Gasteiger partial charge in [0.1, 0.15) is 0 Å². The van der Waals surface area contributed by atoms with Crippen LogP contribution in [0.1, 0.15) is 52.7 Å². The molecule has 0 fully saturated rings. The van der Waals surface area contributed by atoms with E-state index < -0.39 is 0 Å². The molecule has 0 heterocycles. The van der Waals surface area contributed by atoms with Crippen LogP contribution in [0.15, 0.2) is 16.6 Å². The first-order valence-electron chi connectivity index (χ1n) is 5.93. The van der Waals surface area contributed by atoms with Gasteiger partial charge in [-0.3, -0.25) is 10.1 Å². The molecule has 0 bridgehead atoms. The molecule has 4 heteroatoms. The van der Waals surface area contributed by atoms with Crippen LogP contribution in [0.5, 0.6) is 0 Å². The molecule has 0 aliphatic rings. The molecule has 3 nitrogen and oxygen atoms in total. The Balaban J connectivity index is 3.76. The molecule has 18 heavy (non-hydrogen) atoms. The highest BCUT2D eigenvalue weighted by atomic mass is 79.9. The molecule has 0 aliphatic heterocycles. The van der Waals surface area contributed by atoms with Gasteiger partial charge in [-0.25, -0.2) is 0 Å². The molecule has 0 N–H and O–H groups in total. The Morgan fingerprint density at radius 2 is 1.56 bits per heavy atom. The zero-order valence-electron chi connectivity index (χ0n) is 11.8. The lowest BCUT2D eigenvalue weighted by atomic mass is 9.74. The van der Waals surface area contributed by atoms with Crippen LogP contribution in [0, 0.1) is 10.1 Å². The largest absolute Gasteiger partial charge is 0.274 e. The summed E-state index contributed by atoms with van der Waals surface area (Å²) in [5.41, 5.74) is 1.66. The summed E-state index contributed by atoms with van der Waals surface area (Å²) in [6.07, 6.45) is 0. The van der Waals surface area contributed by atoms with E-state index in [4.69, 9.17) is 0 Å². The highest BCUT2D eigenvalue weighted by molar-refractivity contribution is 9.10. The molecule has 0 radical (unpaired) electrons. The van der Waals surface area contributed by atoms with E-state index in [1.807, 2.05) is 26.8 Å². The lowest BCUT2D eigenvalue weighted by Gasteiger charge is -2.29. The van der Waals surface area contributed by atoms with Crippen LogP contribution < -0.4 is 0 Å². The van der Waals surface area contributed by atoms with Gasteiger partial charge in [-0.2, -0.15) is 0 Å². The Kier molecular flexibility index (Phi) is 3.92. The van der Waals surface area contributed by atoms with E-state index >= 15 is 0 Å².